The first-order valence-corrected chi connectivity index (χ1v) is 8.49. The van der Waals surface area contributed by atoms with Gasteiger partial charge in [-0.3, -0.25) is 4.79 Å². The first-order valence-electron chi connectivity index (χ1n) is 6.22. The van der Waals surface area contributed by atoms with Crippen molar-refractivity contribution in [1.82, 2.24) is 10.3 Å². The minimum absolute atomic E-state index is 0.251. The molecule has 5 nitrogen and oxygen atoms in total. The number of amides is 1. The van der Waals surface area contributed by atoms with Crippen LogP contribution in [0.3, 0.4) is 0 Å². The van der Waals surface area contributed by atoms with Crippen LogP contribution < -0.4 is 5.32 Å². The molecule has 1 aromatic heterocycles. The van der Waals surface area contributed by atoms with Gasteiger partial charge in [-0.25, -0.2) is 8.42 Å². The lowest BCUT2D eigenvalue weighted by molar-refractivity contribution is 0.0935. The van der Waals surface area contributed by atoms with Crippen molar-refractivity contribution in [2.45, 2.75) is 17.9 Å². The third-order valence-corrected chi connectivity index (χ3v) is 4.39. The largest absolute Gasteiger partial charge is 0.356 e. The van der Waals surface area contributed by atoms with Crippen molar-refractivity contribution in [2.24, 2.45) is 0 Å². The summed E-state index contributed by atoms with van der Waals surface area (Å²) in [4.78, 5) is 15.0. The highest BCUT2D eigenvalue weighted by atomic mass is 35.5. The zero-order chi connectivity index (χ0) is 15.6. The van der Waals surface area contributed by atoms with Crippen LogP contribution in [0, 0.1) is 0 Å². The fourth-order valence-electron chi connectivity index (χ4n) is 1.86. The number of halogens is 1. The number of rotatable bonds is 4. The zero-order valence-electron chi connectivity index (χ0n) is 11.6. The Morgan fingerprint density at radius 1 is 1.29 bits per heavy atom. The molecule has 0 aliphatic heterocycles. The van der Waals surface area contributed by atoms with Crippen molar-refractivity contribution in [1.29, 1.82) is 0 Å². The molecule has 0 fully saturated rings. The molecule has 1 amide bonds. The molecule has 0 bridgehead atoms. The number of hydrogen-bond donors (Lipinski definition) is 2. The van der Waals surface area contributed by atoms with Crippen LogP contribution in [-0.2, 0) is 9.84 Å². The summed E-state index contributed by atoms with van der Waals surface area (Å²) in [5.74, 6) is -0.276. The second-order valence-corrected chi connectivity index (χ2v) is 7.22. The van der Waals surface area contributed by atoms with Crippen LogP contribution >= 0.6 is 11.6 Å². The van der Waals surface area contributed by atoms with Gasteiger partial charge in [0, 0.05) is 12.5 Å². The van der Waals surface area contributed by atoms with Crippen molar-refractivity contribution < 1.29 is 13.2 Å². The van der Waals surface area contributed by atoms with Crippen LogP contribution in [0.1, 0.15) is 29.0 Å². The molecular formula is C14H15ClN2O3S. The van der Waals surface area contributed by atoms with E-state index in [1.165, 1.54) is 24.4 Å². The Morgan fingerprint density at radius 3 is 2.38 bits per heavy atom. The van der Waals surface area contributed by atoms with Crippen molar-refractivity contribution in [3.05, 3.63) is 52.8 Å². The van der Waals surface area contributed by atoms with E-state index in [0.717, 1.165) is 11.8 Å². The van der Waals surface area contributed by atoms with Gasteiger partial charge in [0.1, 0.15) is 5.69 Å². The zero-order valence-corrected chi connectivity index (χ0v) is 13.1. The maximum atomic E-state index is 12.0. The van der Waals surface area contributed by atoms with Crippen LogP contribution in [-0.4, -0.2) is 25.6 Å². The molecule has 1 atom stereocenters. The van der Waals surface area contributed by atoms with Crippen LogP contribution in [0.4, 0.5) is 0 Å². The molecule has 112 valence electrons. The third-order valence-electron chi connectivity index (χ3n) is 3.05. The van der Waals surface area contributed by atoms with Crippen molar-refractivity contribution >= 4 is 27.3 Å². The fourth-order valence-corrected chi connectivity index (χ4v) is 2.65. The number of benzene rings is 1. The fraction of sp³-hybridized carbons (Fsp3) is 0.214. The van der Waals surface area contributed by atoms with Gasteiger partial charge in [0.15, 0.2) is 9.84 Å². The molecule has 2 N–H and O–H groups in total. The molecule has 1 heterocycles. The van der Waals surface area contributed by atoms with E-state index < -0.39 is 9.84 Å². The van der Waals surface area contributed by atoms with E-state index in [-0.39, 0.29) is 16.8 Å². The molecule has 0 spiro atoms. The second-order valence-electron chi connectivity index (χ2n) is 4.77. The number of H-pyrrole nitrogens is 1. The molecule has 0 aliphatic carbocycles. The van der Waals surface area contributed by atoms with Crippen LogP contribution in [0.5, 0.6) is 0 Å². The maximum Gasteiger partial charge on any atom is 0.268 e. The number of nitrogens with one attached hydrogen (secondary N) is 2. The van der Waals surface area contributed by atoms with E-state index in [1.54, 1.807) is 12.1 Å². The molecule has 0 saturated carbocycles. The van der Waals surface area contributed by atoms with E-state index in [0.29, 0.717) is 10.7 Å². The lowest BCUT2D eigenvalue weighted by atomic mass is 10.1. The smallest absolute Gasteiger partial charge is 0.268 e. The molecule has 1 unspecified atom stereocenters. The standard InChI is InChI=1S/C14H15ClN2O3S/c1-9(17-14(18)13-7-11(15)8-16-13)10-3-5-12(6-4-10)21(2,19)20/h3-9,16H,1-2H3,(H,17,18). The minimum atomic E-state index is -3.22. The molecular weight excluding hydrogens is 312 g/mol. The molecule has 1 aromatic carbocycles. The minimum Gasteiger partial charge on any atom is -0.356 e. The summed E-state index contributed by atoms with van der Waals surface area (Å²) in [6.07, 6.45) is 2.68. The third kappa shape index (κ3) is 3.86. The van der Waals surface area contributed by atoms with Gasteiger partial charge in [0.25, 0.3) is 5.91 Å². The molecule has 0 radical (unpaired) electrons. The predicted octanol–water partition coefficient (Wildman–Crippen LogP) is 2.56. The summed E-state index contributed by atoms with van der Waals surface area (Å²) < 4.78 is 22.8. The quantitative estimate of drug-likeness (QED) is 0.906. The van der Waals surface area contributed by atoms with E-state index in [9.17, 15) is 13.2 Å². The van der Waals surface area contributed by atoms with Gasteiger partial charge in [0.05, 0.1) is 16.0 Å². The summed E-state index contributed by atoms with van der Waals surface area (Å²) >= 11 is 5.75. The molecule has 0 aliphatic rings. The van der Waals surface area contributed by atoms with Crippen LogP contribution in [0.2, 0.25) is 5.02 Å². The van der Waals surface area contributed by atoms with Gasteiger partial charge < -0.3 is 10.3 Å². The van der Waals surface area contributed by atoms with Crippen LogP contribution in [0.25, 0.3) is 0 Å². The van der Waals surface area contributed by atoms with Crippen LogP contribution in [0.15, 0.2) is 41.4 Å². The summed E-state index contributed by atoms with van der Waals surface area (Å²) in [5.41, 5.74) is 1.19. The van der Waals surface area contributed by atoms with E-state index in [4.69, 9.17) is 11.6 Å². The number of aromatic amines is 1. The number of aromatic nitrogens is 1. The number of hydrogen-bond acceptors (Lipinski definition) is 3. The molecule has 2 rings (SSSR count). The van der Waals surface area contributed by atoms with Gasteiger partial charge in [-0.05, 0) is 30.7 Å². The first-order chi connectivity index (χ1) is 9.77. The lowest BCUT2D eigenvalue weighted by Gasteiger charge is -2.14. The lowest BCUT2D eigenvalue weighted by Crippen LogP contribution is -2.26. The monoisotopic (exact) mass is 326 g/mol. The Bertz CT molecular complexity index is 751. The topological polar surface area (TPSA) is 79.0 Å². The Morgan fingerprint density at radius 2 is 1.90 bits per heavy atom. The van der Waals surface area contributed by atoms with E-state index in [1.807, 2.05) is 6.92 Å². The molecule has 0 saturated heterocycles. The Kier molecular flexibility index (Phi) is 4.39. The molecule has 21 heavy (non-hydrogen) atoms. The van der Waals surface area contributed by atoms with E-state index in [2.05, 4.69) is 10.3 Å². The summed E-state index contributed by atoms with van der Waals surface area (Å²) in [7, 11) is -3.22. The maximum absolute atomic E-state index is 12.0. The normalized spacial score (nSPS) is 12.9. The van der Waals surface area contributed by atoms with Gasteiger partial charge in [-0.2, -0.15) is 0 Å². The summed E-state index contributed by atoms with van der Waals surface area (Å²) in [5, 5.41) is 3.27. The number of carbonyl (C=O) groups is 1. The van der Waals surface area contributed by atoms with Gasteiger partial charge in [-0.15, -0.1) is 0 Å². The van der Waals surface area contributed by atoms with Crippen molar-refractivity contribution in [2.75, 3.05) is 6.26 Å². The highest BCUT2D eigenvalue weighted by Crippen LogP contribution is 2.17. The number of carbonyl (C=O) groups excluding carboxylic acids is 1. The SMILES string of the molecule is CC(NC(=O)c1cc(Cl)c[nH]1)c1ccc(S(C)(=O)=O)cc1. The van der Waals surface area contributed by atoms with E-state index >= 15 is 0 Å². The molecule has 2 aromatic rings. The summed E-state index contributed by atoms with van der Waals surface area (Å²) in [6.45, 7) is 1.82. The Hall–Kier alpha value is -1.79. The molecule has 7 heteroatoms. The average Bonchev–Trinajstić information content (AvgIpc) is 2.84. The predicted molar refractivity (Wildman–Crippen MR) is 81.2 cm³/mol. The van der Waals surface area contributed by atoms with Gasteiger partial charge >= 0.3 is 0 Å². The van der Waals surface area contributed by atoms with Crippen molar-refractivity contribution in [3.63, 3.8) is 0 Å². The van der Waals surface area contributed by atoms with Gasteiger partial charge in [0.2, 0.25) is 0 Å². The number of sulfone groups is 1. The highest BCUT2D eigenvalue weighted by Gasteiger charge is 2.14. The van der Waals surface area contributed by atoms with Gasteiger partial charge in [-0.1, -0.05) is 23.7 Å². The second kappa shape index (κ2) is 5.91. The summed E-state index contributed by atoms with van der Waals surface area (Å²) in [6, 6.07) is 7.70. The van der Waals surface area contributed by atoms with Crippen molar-refractivity contribution in [3.8, 4) is 0 Å². The average molecular weight is 327 g/mol. The Balaban J connectivity index is 2.10. The first kappa shape index (κ1) is 15.6. The highest BCUT2D eigenvalue weighted by molar-refractivity contribution is 7.90. The Labute approximate surface area is 128 Å².